The minimum Gasteiger partial charge on any atom is -0.507 e. The lowest BCUT2D eigenvalue weighted by Gasteiger charge is -2.27. The Morgan fingerprint density at radius 1 is 1.06 bits per heavy atom. The number of benzene rings is 2. The van der Waals surface area contributed by atoms with Crippen molar-refractivity contribution in [2.75, 3.05) is 33.3 Å². The van der Waals surface area contributed by atoms with Crippen LogP contribution in [-0.4, -0.2) is 59.9 Å². The third-order valence-corrected chi connectivity index (χ3v) is 6.74. The average Bonchev–Trinajstić information content (AvgIpc) is 3.10. The number of aliphatic hydroxyl groups excluding tert-OH is 1. The van der Waals surface area contributed by atoms with Crippen LogP contribution in [0, 0.1) is 0 Å². The molecule has 0 aliphatic carbocycles. The van der Waals surface area contributed by atoms with Crippen molar-refractivity contribution in [3.63, 3.8) is 0 Å². The quantitative estimate of drug-likeness (QED) is 0.307. The van der Waals surface area contributed by atoms with E-state index in [2.05, 4.69) is 39.5 Å². The number of nitrogens with zero attached hydrogens (tertiary/aromatic N) is 2. The maximum absolute atomic E-state index is 13.3. The molecule has 0 radical (unpaired) electrons. The fraction of sp³-hybridized carbons (Fsp3) is 0.448. The van der Waals surface area contributed by atoms with Gasteiger partial charge in [0, 0.05) is 12.1 Å². The molecule has 1 fully saturated rings. The number of ketones is 1. The first-order valence-electron chi connectivity index (χ1n) is 12.4. The van der Waals surface area contributed by atoms with Crippen LogP contribution >= 0.6 is 0 Å². The predicted octanol–water partition coefficient (Wildman–Crippen LogP) is 5.15. The minimum absolute atomic E-state index is 0.0231. The van der Waals surface area contributed by atoms with Crippen molar-refractivity contribution in [1.29, 1.82) is 0 Å². The summed E-state index contributed by atoms with van der Waals surface area (Å²) in [5.41, 5.74) is 2.51. The zero-order chi connectivity index (χ0) is 25.8. The second-order valence-corrected chi connectivity index (χ2v) is 9.98. The fourth-order valence-corrected chi connectivity index (χ4v) is 4.55. The Morgan fingerprint density at radius 2 is 1.71 bits per heavy atom. The Bertz CT molecular complexity index is 1080. The van der Waals surface area contributed by atoms with Crippen molar-refractivity contribution in [3.05, 3.63) is 70.8 Å². The number of ether oxygens (including phenoxy) is 1. The fourth-order valence-electron chi connectivity index (χ4n) is 4.55. The van der Waals surface area contributed by atoms with E-state index in [-0.39, 0.29) is 16.7 Å². The summed E-state index contributed by atoms with van der Waals surface area (Å²) in [4.78, 5) is 30.4. The molecule has 0 bridgehead atoms. The van der Waals surface area contributed by atoms with Gasteiger partial charge in [0.25, 0.3) is 11.7 Å². The van der Waals surface area contributed by atoms with Gasteiger partial charge in [-0.15, -0.1) is 0 Å². The monoisotopic (exact) mass is 478 g/mol. The molecule has 6 heteroatoms. The van der Waals surface area contributed by atoms with Gasteiger partial charge in [-0.1, -0.05) is 71.0 Å². The highest BCUT2D eigenvalue weighted by Crippen LogP contribution is 2.40. The lowest BCUT2D eigenvalue weighted by atomic mass is 9.85. The van der Waals surface area contributed by atoms with E-state index >= 15 is 0 Å². The number of carbonyl (C=O) groups excluding carboxylic acids is 2. The summed E-state index contributed by atoms with van der Waals surface area (Å²) in [6.07, 6.45) is 0.741. The summed E-state index contributed by atoms with van der Waals surface area (Å²) < 4.78 is 5.29. The van der Waals surface area contributed by atoms with Crippen molar-refractivity contribution in [2.24, 2.45) is 0 Å². The lowest BCUT2D eigenvalue weighted by molar-refractivity contribution is -0.140. The zero-order valence-electron chi connectivity index (χ0n) is 21.8. The molecule has 1 aliphatic heterocycles. The van der Waals surface area contributed by atoms with E-state index in [1.54, 1.807) is 36.3 Å². The number of Topliss-reactive ketones (excluding diaryl/α,β-unsaturated/α-hetero) is 1. The summed E-state index contributed by atoms with van der Waals surface area (Å²) in [6, 6.07) is 14.3. The topological polar surface area (TPSA) is 70.1 Å². The maximum atomic E-state index is 13.3. The molecule has 1 N–H and O–H groups in total. The van der Waals surface area contributed by atoms with Crippen LogP contribution < -0.4 is 4.74 Å². The molecule has 0 saturated carbocycles. The number of likely N-dealkylation sites (tertiary alicyclic amines) is 1. The normalized spacial score (nSPS) is 17.9. The highest BCUT2D eigenvalue weighted by atomic mass is 16.5. The SMILES string of the molecule is CCN(CC)CCCN1C(=O)C(=O)/C(=C(\O)c2cccc(OC)c2)C1c1ccc(C(C)(C)C)cc1. The van der Waals surface area contributed by atoms with Crippen molar-refractivity contribution in [2.45, 2.75) is 52.5 Å². The first-order valence-corrected chi connectivity index (χ1v) is 12.4. The van der Waals surface area contributed by atoms with Gasteiger partial charge in [0.1, 0.15) is 11.5 Å². The van der Waals surface area contributed by atoms with Gasteiger partial charge in [-0.05, 0) is 54.7 Å². The van der Waals surface area contributed by atoms with Gasteiger partial charge in [-0.2, -0.15) is 0 Å². The molecule has 0 aromatic heterocycles. The smallest absolute Gasteiger partial charge is 0.295 e. The molecule has 6 nitrogen and oxygen atoms in total. The Kier molecular flexibility index (Phi) is 8.39. The number of carbonyl (C=O) groups is 2. The molecule has 188 valence electrons. The van der Waals surface area contributed by atoms with E-state index < -0.39 is 17.7 Å². The third kappa shape index (κ3) is 5.76. The Labute approximate surface area is 209 Å². The molecule has 1 heterocycles. The second kappa shape index (κ2) is 11.1. The van der Waals surface area contributed by atoms with E-state index in [0.29, 0.717) is 17.9 Å². The van der Waals surface area contributed by atoms with Gasteiger partial charge < -0.3 is 19.6 Å². The van der Waals surface area contributed by atoms with Crippen LogP contribution in [0.5, 0.6) is 5.75 Å². The maximum Gasteiger partial charge on any atom is 0.295 e. The van der Waals surface area contributed by atoms with Gasteiger partial charge in [0.2, 0.25) is 0 Å². The molecule has 1 aliphatic rings. The van der Waals surface area contributed by atoms with Crippen LogP contribution in [-0.2, 0) is 15.0 Å². The van der Waals surface area contributed by atoms with Crippen molar-refractivity contribution >= 4 is 17.4 Å². The molecule has 2 aromatic rings. The van der Waals surface area contributed by atoms with Crippen LogP contribution in [0.25, 0.3) is 5.76 Å². The number of aliphatic hydroxyl groups is 1. The number of rotatable bonds is 9. The average molecular weight is 479 g/mol. The van der Waals surface area contributed by atoms with Gasteiger partial charge in [-0.25, -0.2) is 0 Å². The Hall–Kier alpha value is -3.12. The number of hydrogen-bond acceptors (Lipinski definition) is 5. The van der Waals surface area contributed by atoms with Crippen LogP contribution in [0.15, 0.2) is 54.1 Å². The third-order valence-electron chi connectivity index (χ3n) is 6.74. The van der Waals surface area contributed by atoms with Crippen molar-refractivity contribution in [1.82, 2.24) is 9.80 Å². The predicted molar refractivity (Wildman–Crippen MR) is 140 cm³/mol. The highest BCUT2D eigenvalue weighted by molar-refractivity contribution is 6.46. The summed E-state index contributed by atoms with van der Waals surface area (Å²) >= 11 is 0. The molecule has 1 saturated heterocycles. The van der Waals surface area contributed by atoms with E-state index in [4.69, 9.17) is 4.74 Å². The number of methoxy groups -OCH3 is 1. The molecule has 3 rings (SSSR count). The molecule has 35 heavy (non-hydrogen) atoms. The number of hydrogen-bond donors (Lipinski definition) is 1. The molecule has 1 unspecified atom stereocenters. The van der Waals surface area contributed by atoms with E-state index in [9.17, 15) is 14.7 Å². The number of amides is 1. The largest absolute Gasteiger partial charge is 0.507 e. The standard InChI is InChI=1S/C29H38N2O4/c1-7-30(8-2)17-10-18-31-25(20-13-15-22(16-14-20)29(3,4)5)24(27(33)28(31)34)26(32)21-11-9-12-23(19-21)35-6/h9,11-16,19,25,32H,7-8,10,17-18H2,1-6H3/b26-24-. The minimum atomic E-state index is -0.655. The van der Waals surface area contributed by atoms with Gasteiger partial charge in [-0.3, -0.25) is 9.59 Å². The first-order chi connectivity index (χ1) is 16.6. The highest BCUT2D eigenvalue weighted by Gasteiger charge is 2.45. The molecular formula is C29H38N2O4. The Balaban J connectivity index is 2.06. The van der Waals surface area contributed by atoms with E-state index in [0.717, 1.165) is 37.2 Å². The summed E-state index contributed by atoms with van der Waals surface area (Å²) in [6.45, 7) is 13.8. The Morgan fingerprint density at radius 3 is 2.29 bits per heavy atom. The molecule has 1 atom stereocenters. The van der Waals surface area contributed by atoms with Crippen LogP contribution in [0.2, 0.25) is 0 Å². The van der Waals surface area contributed by atoms with Gasteiger partial charge in [0.15, 0.2) is 0 Å². The molecule has 2 aromatic carbocycles. The van der Waals surface area contributed by atoms with Crippen LogP contribution in [0.3, 0.4) is 0 Å². The van der Waals surface area contributed by atoms with Crippen LogP contribution in [0.4, 0.5) is 0 Å². The first kappa shape index (κ1) is 26.5. The molecule has 0 spiro atoms. The second-order valence-electron chi connectivity index (χ2n) is 9.98. The van der Waals surface area contributed by atoms with Crippen LogP contribution in [0.1, 0.15) is 63.8 Å². The van der Waals surface area contributed by atoms with E-state index in [1.807, 2.05) is 24.3 Å². The summed E-state index contributed by atoms with van der Waals surface area (Å²) in [7, 11) is 1.55. The van der Waals surface area contributed by atoms with E-state index in [1.165, 1.54) is 0 Å². The zero-order valence-corrected chi connectivity index (χ0v) is 21.8. The van der Waals surface area contributed by atoms with Crippen molar-refractivity contribution < 1.29 is 19.4 Å². The lowest BCUT2D eigenvalue weighted by Crippen LogP contribution is -2.33. The molecular weight excluding hydrogens is 440 g/mol. The van der Waals surface area contributed by atoms with Gasteiger partial charge >= 0.3 is 0 Å². The summed E-state index contributed by atoms with van der Waals surface area (Å²) in [5.74, 6) is -0.844. The molecule has 1 amide bonds. The van der Waals surface area contributed by atoms with Crippen molar-refractivity contribution in [3.8, 4) is 5.75 Å². The summed E-state index contributed by atoms with van der Waals surface area (Å²) in [5, 5.41) is 11.3. The van der Waals surface area contributed by atoms with Gasteiger partial charge in [0.05, 0.1) is 18.7 Å².